The molecule has 0 unspecified atom stereocenters. The van der Waals surface area contributed by atoms with Crippen molar-refractivity contribution in [2.75, 3.05) is 25.2 Å². The topological polar surface area (TPSA) is 106 Å². The van der Waals surface area contributed by atoms with Gasteiger partial charge in [-0.25, -0.2) is 9.69 Å². The lowest BCUT2D eigenvalue weighted by molar-refractivity contribution is -0.134. The molecule has 2 aromatic rings. The van der Waals surface area contributed by atoms with Gasteiger partial charge in [-0.05, 0) is 37.0 Å². The number of imide groups is 2. The molecule has 0 N–H and O–H groups in total. The van der Waals surface area contributed by atoms with Gasteiger partial charge in [0.25, 0.3) is 5.91 Å². The van der Waals surface area contributed by atoms with Crippen molar-refractivity contribution in [1.29, 1.82) is 0 Å². The number of carbonyl (C=O) groups is 4. The van der Waals surface area contributed by atoms with Crippen LogP contribution in [0.5, 0.6) is 0 Å². The number of aliphatic imine (C=N–C) groups is 1. The van der Waals surface area contributed by atoms with Crippen molar-refractivity contribution < 1.29 is 28.7 Å². The van der Waals surface area contributed by atoms with E-state index < -0.39 is 35.3 Å². The summed E-state index contributed by atoms with van der Waals surface area (Å²) >= 11 is 0. The summed E-state index contributed by atoms with van der Waals surface area (Å²) in [6, 6.07) is 18.4. The zero-order chi connectivity index (χ0) is 28.0. The molecule has 3 fully saturated rings. The Balaban J connectivity index is 1.59. The molecule has 4 atom stereocenters. The number of fused-ring (bicyclic) bond motifs is 5. The highest BCUT2D eigenvalue weighted by Gasteiger charge is 2.70. The van der Waals surface area contributed by atoms with E-state index in [1.165, 1.54) is 9.80 Å². The average molecular weight is 542 g/mol. The van der Waals surface area contributed by atoms with Gasteiger partial charge in [-0.3, -0.25) is 24.3 Å². The minimum atomic E-state index is -1.39. The third-order valence-corrected chi connectivity index (χ3v) is 8.67. The second-order valence-electron chi connectivity index (χ2n) is 10.6. The van der Waals surface area contributed by atoms with Crippen LogP contribution in [-0.4, -0.2) is 60.4 Å². The van der Waals surface area contributed by atoms with Gasteiger partial charge >= 0.3 is 6.09 Å². The monoisotopic (exact) mass is 541 g/mol. The molecule has 3 heterocycles. The molecule has 3 aliphatic heterocycles. The lowest BCUT2D eigenvalue weighted by Gasteiger charge is -2.50. The Kier molecular flexibility index (Phi) is 6.62. The quantitative estimate of drug-likeness (QED) is 0.389. The molecular formula is C31H31N3O6. The van der Waals surface area contributed by atoms with Crippen LogP contribution in [0.2, 0.25) is 0 Å². The predicted molar refractivity (Wildman–Crippen MR) is 146 cm³/mol. The van der Waals surface area contributed by atoms with Gasteiger partial charge in [0.2, 0.25) is 17.7 Å². The van der Waals surface area contributed by atoms with Crippen LogP contribution >= 0.6 is 0 Å². The summed E-state index contributed by atoms with van der Waals surface area (Å²) in [6.07, 6.45) is 0.729. The third kappa shape index (κ3) is 3.75. The van der Waals surface area contributed by atoms with Gasteiger partial charge in [0.15, 0.2) is 0 Å². The van der Waals surface area contributed by atoms with Crippen molar-refractivity contribution in [3.63, 3.8) is 0 Å². The number of ether oxygens (including phenoxy) is 2. The second kappa shape index (κ2) is 10.1. The van der Waals surface area contributed by atoms with E-state index >= 15 is 0 Å². The predicted octanol–water partition coefficient (Wildman–Crippen LogP) is 3.93. The molecule has 0 radical (unpaired) electrons. The fourth-order valence-corrected chi connectivity index (χ4v) is 7.11. The Labute approximate surface area is 232 Å². The van der Waals surface area contributed by atoms with Gasteiger partial charge in [-0.15, -0.1) is 0 Å². The van der Waals surface area contributed by atoms with Crippen LogP contribution in [0.25, 0.3) is 0 Å². The Bertz CT molecular complexity index is 1440. The Hall–Kier alpha value is -4.11. The van der Waals surface area contributed by atoms with Gasteiger partial charge < -0.3 is 9.47 Å². The van der Waals surface area contributed by atoms with E-state index in [4.69, 9.17) is 9.47 Å². The van der Waals surface area contributed by atoms with Crippen LogP contribution in [0, 0.1) is 17.8 Å². The largest absolute Gasteiger partial charge is 0.424 e. The molecule has 6 rings (SSSR count). The molecular weight excluding hydrogens is 510 g/mol. The highest BCUT2D eigenvalue weighted by Crippen LogP contribution is 2.57. The number of amides is 4. The zero-order valence-corrected chi connectivity index (χ0v) is 22.5. The Morgan fingerprint density at radius 2 is 1.70 bits per heavy atom. The number of rotatable bonds is 7. The summed E-state index contributed by atoms with van der Waals surface area (Å²) in [5.74, 6) is -2.91. The SMILES string of the molecule is CCC1=C2CC[C@H]3C(=O)N(c4ccccc4)C(=O)[C@H]3[C@H]2[C@@]2(Cc3ccccc3)C(=NCCOC)OC(=O)N2C1=O. The summed E-state index contributed by atoms with van der Waals surface area (Å²) < 4.78 is 11.0. The summed E-state index contributed by atoms with van der Waals surface area (Å²) in [4.78, 5) is 62.8. The lowest BCUT2D eigenvalue weighted by atomic mass is 9.58. The minimum absolute atomic E-state index is 0.100. The molecule has 0 spiro atoms. The summed E-state index contributed by atoms with van der Waals surface area (Å²) in [5, 5.41) is 0. The first-order chi connectivity index (χ1) is 19.4. The van der Waals surface area contributed by atoms with E-state index in [-0.39, 0.29) is 37.3 Å². The molecule has 0 aromatic heterocycles. The molecule has 2 saturated heterocycles. The third-order valence-electron chi connectivity index (χ3n) is 8.67. The number of nitrogens with zero attached hydrogens (tertiary/aromatic N) is 3. The van der Waals surface area contributed by atoms with Crippen molar-refractivity contribution in [1.82, 2.24) is 4.90 Å². The van der Waals surface area contributed by atoms with Crippen LogP contribution in [-0.2, 0) is 30.3 Å². The highest BCUT2D eigenvalue weighted by atomic mass is 16.6. The minimum Gasteiger partial charge on any atom is -0.393 e. The highest BCUT2D eigenvalue weighted by molar-refractivity contribution is 6.23. The molecule has 1 saturated carbocycles. The van der Waals surface area contributed by atoms with Crippen LogP contribution in [0.4, 0.5) is 10.5 Å². The molecule has 9 heteroatoms. The first-order valence-corrected chi connectivity index (χ1v) is 13.7. The van der Waals surface area contributed by atoms with Crippen molar-refractivity contribution >= 4 is 35.4 Å². The van der Waals surface area contributed by atoms with Crippen LogP contribution in [0.1, 0.15) is 31.7 Å². The first-order valence-electron chi connectivity index (χ1n) is 13.7. The van der Waals surface area contributed by atoms with E-state index in [0.29, 0.717) is 30.5 Å². The van der Waals surface area contributed by atoms with Crippen LogP contribution in [0.15, 0.2) is 76.8 Å². The normalized spacial score (nSPS) is 28.6. The summed E-state index contributed by atoms with van der Waals surface area (Å²) in [6.45, 7) is 2.37. The number of hydrogen-bond donors (Lipinski definition) is 0. The Morgan fingerprint density at radius 1 is 1.00 bits per heavy atom. The van der Waals surface area contributed by atoms with E-state index in [2.05, 4.69) is 4.99 Å². The summed E-state index contributed by atoms with van der Waals surface area (Å²) in [7, 11) is 1.55. The van der Waals surface area contributed by atoms with Crippen molar-refractivity contribution in [2.45, 2.75) is 38.1 Å². The standard InChI is InChI=1S/C31H31N3O6/c1-3-21-22-14-15-23-24(28(37)33(26(23)35)20-12-8-5-9-13-20)25(22)31(18-19-10-6-4-7-11-19)29(32-16-17-39-2)40-30(38)34(31)27(21)36/h4-13,23-25H,3,14-18H2,1-2H3/t23-,24-,25+,31+/m1/s1. The van der Waals surface area contributed by atoms with E-state index in [0.717, 1.165) is 11.1 Å². The number of carbonyl (C=O) groups excluding carboxylic acids is 4. The van der Waals surface area contributed by atoms with Gasteiger partial charge in [-0.2, -0.15) is 0 Å². The maximum absolute atomic E-state index is 14.3. The number of anilines is 1. The van der Waals surface area contributed by atoms with Crippen LogP contribution < -0.4 is 4.90 Å². The van der Waals surface area contributed by atoms with Crippen molar-refractivity contribution in [3.05, 3.63) is 77.4 Å². The van der Waals surface area contributed by atoms with Crippen LogP contribution in [0.3, 0.4) is 0 Å². The first kappa shape index (κ1) is 26.1. The molecule has 4 aliphatic rings. The molecule has 9 nitrogen and oxygen atoms in total. The number of hydrogen-bond acceptors (Lipinski definition) is 7. The maximum Gasteiger partial charge on any atom is 0.424 e. The van der Waals surface area contributed by atoms with Crippen molar-refractivity contribution in [3.8, 4) is 0 Å². The number of benzene rings is 2. The van der Waals surface area contributed by atoms with E-state index in [1.807, 2.05) is 43.3 Å². The molecule has 1 aliphatic carbocycles. The summed E-state index contributed by atoms with van der Waals surface area (Å²) in [5.41, 5.74) is 1.33. The molecule has 206 valence electrons. The van der Waals surface area contributed by atoms with E-state index in [1.54, 1.807) is 31.4 Å². The molecule has 40 heavy (non-hydrogen) atoms. The average Bonchev–Trinajstić information content (AvgIpc) is 3.39. The van der Waals surface area contributed by atoms with Gasteiger partial charge in [-0.1, -0.05) is 61.0 Å². The number of cyclic esters (lactones) is 1. The molecule has 4 amide bonds. The van der Waals surface area contributed by atoms with Gasteiger partial charge in [0.1, 0.15) is 5.54 Å². The fourth-order valence-electron chi connectivity index (χ4n) is 7.11. The zero-order valence-electron chi connectivity index (χ0n) is 22.5. The fraction of sp³-hybridized carbons (Fsp3) is 0.387. The number of methoxy groups -OCH3 is 1. The smallest absolute Gasteiger partial charge is 0.393 e. The maximum atomic E-state index is 14.3. The molecule has 2 aromatic carbocycles. The van der Waals surface area contributed by atoms with Gasteiger partial charge in [0, 0.05) is 25.0 Å². The lowest BCUT2D eigenvalue weighted by Crippen LogP contribution is -2.65. The molecule has 0 bridgehead atoms. The van der Waals surface area contributed by atoms with E-state index in [9.17, 15) is 19.2 Å². The van der Waals surface area contributed by atoms with Gasteiger partial charge in [0.05, 0.1) is 30.7 Å². The van der Waals surface area contributed by atoms with Crippen molar-refractivity contribution in [2.24, 2.45) is 22.7 Å². The number of para-hydroxylation sites is 1. The second-order valence-corrected chi connectivity index (χ2v) is 10.6. The Morgan fingerprint density at radius 3 is 2.38 bits per heavy atom.